The van der Waals surface area contributed by atoms with E-state index in [0.717, 1.165) is 21.9 Å². The fourth-order valence-corrected chi connectivity index (χ4v) is 3.89. The van der Waals surface area contributed by atoms with Crippen LogP contribution in [-0.4, -0.2) is 50.3 Å². The van der Waals surface area contributed by atoms with Gasteiger partial charge in [0.2, 0.25) is 5.91 Å². The average molecular weight is 422 g/mol. The van der Waals surface area contributed by atoms with Gasteiger partial charge in [0.25, 0.3) is 0 Å². The molecule has 8 heteroatoms. The van der Waals surface area contributed by atoms with Gasteiger partial charge in [-0.25, -0.2) is 9.78 Å². The van der Waals surface area contributed by atoms with Crippen LogP contribution in [0.15, 0.2) is 42.9 Å². The second-order valence-electron chi connectivity index (χ2n) is 8.92. The molecular formula is C23H27N5O3. The molecule has 2 N–H and O–H groups in total. The first kappa shape index (κ1) is 20.8. The Kier molecular flexibility index (Phi) is 5.39. The Labute approximate surface area is 181 Å². The third-order valence-corrected chi connectivity index (χ3v) is 5.52. The first-order chi connectivity index (χ1) is 14.7. The topological polar surface area (TPSA) is 100 Å². The molecule has 0 bridgehead atoms. The average Bonchev–Trinajstić information content (AvgIpc) is 3.36. The standard InChI is InChI=1S/C23H27N5O3/c1-14-19(7-8-28(14)22(30)31-23(2,3)4)21(29)27-20-10-17-9-15(18-12-25-26-13-18)5-6-16(17)11-24-20/h5-6,9-14,19H,7-8H2,1-4H3,(H,25,26)(H,24,27,29)/t14-,19-/m0/s1. The van der Waals surface area contributed by atoms with Gasteiger partial charge in [-0.2, -0.15) is 5.10 Å². The summed E-state index contributed by atoms with van der Waals surface area (Å²) in [5, 5.41) is 11.7. The number of likely N-dealkylation sites (tertiary alicyclic amines) is 1. The van der Waals surface area contributed by atoms with Crippen molar-refractivity contribution in [3.63, 3.8) is 0 Å². The molecule has 1 fully saturated rings. The molecule has 3 aromatic rings. The van der Waals surface area contributed by atoms with Crippen LogP contribution < -0.4 is 5.32 Å². The predicted molar refractivity (Wildman–Crippen MR) is 118 cm³/mol. The lowest BCUT2D eigenvalue weighted by atomic mass is 10.0. The minimum atomic E-state index is -0.568. The highest BCUT2D eigenvalue weighted by Gasteiger charge is 2.40. The largest absolute Gasteiger partial charge is 0.444 e. The van der Waals surface area contributed by atoms with Crippen LogP contribution in [-0.2, 0) is 9.53 Å². The molecule has 0 spiro atoms. The van der Waals surface area contributed by atoms with E-state index in [1.807, 2.05) is 58.2 Å². The van der Waals surface area contributed by atoms with Crippen LogP contribution in [0, 0.1) is 5.92 Å². The molecule has 0 aliphatic carbocycles. The maximum Gasteiger partial charge on any atom is 0.410 e. The van der Waals surface area contributed by atoms with E-state index >= 15 is 0 Å². The van der Waals surface area contributed by atoms with Crippen molar-refractivity contribution in [1.82, 2.24) is 20.1 Å². The van der Waals surface area contributed by atoms with Gasteiger partial charge in [0, 0.05) is 35.9 Å². The van der Waals surface area contributed by atoms with Gasteiger partial charge in [0.05, 0.1) is 12.1 Å². The number of hydrogen-bond donors (Lipinski definition) is 2. The summed E-state index contributed by atoms with van der Waals surface area (Å²) in [7, 11) is 0. The molecule has 2 amide bonds. The predicted octanol–water partition coefficient (Wildman–Crippen LogP) is 4.21. The van der Waals surface area contributed by atoms with Crippen molar-refractivity contribution in [2.75, 3.05) is 11.9 Å². The highest BCUT2D eigenvalue weighted by atomic mass is 16.6. The van der Waals surface area contributed by atoms with Crippen molar-refractivity contribution >= 4 is 28.6 Å². The molecule has 8 nitrogen and oxygen atoms in total. The zero-order valence-corrected chi connectivity index (χ0v) is 18.2. The number of hydrogen-bond acceptors (Lipinski definition) is 5. The summed E-state index contributed by atoms with van der Waals surface area (Å²) < 4.78 is 5.46. The Morgan fingerprint density at radius 3 is 2.68 bits per heavy atom. The van der Waals surface area contributed by atoms with Crippen molar-refractivity contribution in [3.05, 3.63) is 42.9 Å². The fourth-order valence-electron chi connectivity index (χ4n) is 3.89. The van der Waals surface area contributed by atoms with Gasteiger partial charge in [-0.3, -0.25) is 9.89 Å². The maximum absolute atomic E-state index is 12.9. The van der Waals surface area contributed by atoms with Crippen molar-refractivity contribution in [2.45, 2.75) is 45.8 Å². The second-order valence-corrected chi connectivity index (χ2v) is 8.92. The maximum atomic E-state index is 12.9. The molecule has 162 valence electrons. The normalized spacial score (nSPS) is 18.9. The number of benzene rings is 1. The Morgan fingerprint density at radius 2 is 1.97 bits per heavy atom. The van der Waals surface area contributed by atoms with Gasteiger partial charge in [-0.05, 0) is 57.2 Å². The Bertz CT molecular complexity index is 1100. The number of amides is 2. The van der Waals surface area contributed by atoms with Crippen LogP contribution in [0.5, 0.6) is 0 Å². The number of nitrogens with zero attached hydrogens (tertiary/aromatic N) is 3. The number of nitrogens with one attached hydrogen (secondary N) is 2. The number of carbonyl (C=O) groups is 2. The first-order valence-corrected chi connectivity index (χ1v) is 10.4. The number of aromatic amines is 1. The third kappa shape index (κ3) is 4.52. The smallest absolute Gasteiger partial charge is 0.410 e. The molecular weight excluding hydrogens is 394 g/mol. The molecule has 1 aromatic carbocycles. The van der Waals surface area contributed by atoms with Crippen LogP contribution in [0.1, 0.15) is 34.1 Å². The van der Waals surface area contributed by atoms with Gasteiger partial charge in [-0.15, -0.1) is 0 Å². The summed E-state index contributed by atoms with van der Waals surface area (Å²) in [5.41, 5.74) is 1.45. The van der Waals surface area contributed by atoms with Gasteiger partial charge in [0.15, 0.2) is 0 Å². The summed E-state index contributed by atoms with van der Waals surface area (Å²) in [6.07, 6.45) is 5.55. The van der Waals surface area contributed by atoms with Crippen molar-refractivity contribution in [2.24, 2.45) is 5.92 Å². The van der Waals surface area contributed by atoms with E-state index in [1.165, 1.54) is 0 Å². The second kappa shape index (κ2) is 8.02. The molecule has 3 heterocycles. The highest BCUT2D eigenvalue weighted by molar-refractivity contribution is 5.95. The minimum absolute atomic E-state index is 0.142. The zero-order chi connectivity index (χ0) is 22.2. The molecule has 31 heavy (non-hydrogen) atoms. The molecule has 0 saturated carbocycles. The van der Waals surface area contributed by atoms with Crippen molar-refractivity contribution in [3.8, 4) is 11.1 Å². The lowest BCUT2D eigenvalue weighted by molar-refractivity contribution is -0.120. The monoisotopic (exact) mass is 421 g/mol. The van der Waals surface area contributed by atoms with Gasteiger partial charge < -0.3 is 15.0 Å². The molecule has 1 aliphatic rings. The summed E-state index contributed by atoms with van der Waals surface area (Å²) in [4.78, 5) is 31.4. The number of fused-ring (bicyclic) bond motifs is 1. The van der Waals surface area contributed by atoms with Crippen molar-refractivity contribution in [1.29, 1.82) is 0 Å². The number of pyridine rings is 1. The summed E-state index contributed by atoms with van der Waals surface area (Å²) in [5.74, 6) is 0.0310. The zero-order valence-electron chi connectivity index (χ0n) is 18.2. The van der Waals surface area contributed by atoms with Crippen LogP contribution >= 0.6 is 0 Å². The van der Waals surface area contributed by atoms with E-state index in [-0.39, 0.29) is 24.0 Å². The first-order valence-electron chi connectivity index (χ1n) is 10.4. The lowest BCUT2D eigenvalue weighted by Crippen LogP contribution is -2.41. The highest BCUT2D eigenvalue weighted by Crippen LogP contribution is 2.28. The Morgan fingerprint density at radius 1 is 1.16 bits per heavy atom. The van der Waals surface area contributed by atoms with Gasteiger partial charge >= 0.3 is 6.09 Å². The van der Waals surface area contributed by atoms with Crippen LogP contribution in [0.2, 0.25) is 0 Å². The van der Waals surface area contributed by atoms with E-state index in [1.54, 1.807) is 17.3 Å². The van der Waals surface area contributed by atoms with E-state index in [9.17, 15) is 9.59 Å². The van der Waals surface area contributed by atoms with Crippen LogP contribution in [0.25, 0.3) is 21.9 Å². The lowest BCUT2D eigenvalue weighted by Gasteiger charge is -2.28. The third-order valence-electron chi connectivity index (χ3n) is 5.52. The van der Waals surface area contributed by atoms with Crippen LogP contribution in [0.3, 0.4) is 0 Å². The Balaban J connectivity index is 1.47. The van der Waals surface area contributed by atoms with Crippen LogP contribution in [0.4, 0.5) is 10.6 Å². The Hall–Kier alpha value is -3.42. The summed E-state index contributed by atoms with van der Waals surface area (Å²) in [6, 6.07) is 7.66. The molecule has 4 rings (SSSR count). The quantitative estimate of drug-likeness (QED) is 0.660. The molecule has 1 saturated heterocycles. The van der Waals surface area contributed by atoms with E-state index in [4.69, 9.17) is 4.74 Å². The minimum Gasteiger partial charge on any atom is -0.444 e. The van der Waals surface area contributed by atoms with E-state index in [2.05, 4.69) is 20.5 Å². The number of ether oxygens (including phenoxy) is 1. The van der Waals surface area contributed by atoms with Gasteiger partial charge in [0.1, 0.15) is 11.4 Å². The van der Waals surface area contributed by atoms with Crippen molar-refractivity contribution < 1.29 is 14.3 Å². The number of carbonyl (C=O) groups excluding carboxylic acids is 2. The fraction of sp³-hybridized carbons (Fsp3) is 0.391. The SMILES string of the molecule is C[C@H]1[C@@H](C(=O)Nc2cc3cc(-c4cn[nH]c4)ccc3cn2)CCN1C(=O)OC(C)(C)C. The number of aromatic nitrogens is 3. The summed E-state index contributed by atoms with van der Waals surface area (Å²) >= 11 is 0. The molecule has 2 atom stereocenters. The number of rotatable bonds is 3. The number of H-pyrrole nitrogens is 1. The van der Waals surface area contributed by atoms with Gasteiger partial charge in [-0.1, -0.05) is 12.1 Å². The number of anilines is 1. The molecule has 0 unspecified atom stereocenters. The summed E-state index contributed by atoms with van der Waals surface area (Å²) in [6.45, 7) is 7.87. The van der Waals surface area contributed by atoms with E-state index < -0.39 is 5.60 Å². The molecule has 0 radical (unpaired) electrons. The molecule has 1 aliphatic heterocycles. The molecule has 2 aromatic heterocycles. The van der Waals surface area contributed by atoms with E-state index in [0.29, 0.717) is 18.8 Å².